The van der Waals surface area contributed by atoms with E-state index in [1.54, 1.807) is 0 Å². The molecule has 0 bridgehead atoms. The van der Waals surface area contributed by atoms with Gasteiger partial charge in [-0.15, -0.1) is 10.2 Å². The second kappa shape index (κ2) is 10.6. The molecule has 0 aliphatic carbocycles. The van der Waals surface area contributed by atoms with Crippen molar-refractivity contribution < 1.29 is 9.53 Å². The highest BCUT2D eigenvalue weighted by molar-refractivity contribution is 8.01. The molecule has 8 heteroatoms. The van der Waals surface area contributed by atoms with Gasteiger partial charge in [0.2, 0.25) is 11.0 Å². The first-order valence-electron chi connectivity index (χ1n) is 9.62. The average Bonchev–Trinajstić information content (AvgIpc) is 3.27. The van der Waals surface area contributed by atoms with Gasteiger partial charge < -0.3 is 15.4 Å². The molecule has 1 aromatic heterocycles. The van der Waals surface area contributed by atoms with Crippen LogP contribution in [0.25, 0.3) is 0 Å². The number of nitrogens with one attached hydrogen (secondary N) is 2. The number of amides is 1. The molecule has 0 saturated heterocycles. The number of anilines is 2. The van der Waals surface area contributed by atoms with Gasteiger partial charge in [-0.2, -0.15) is 0 Å². The quantitative estimate of drug-likeness (QED) is 0.321. The van der Waals surface area contributed by atoms with Crippen molar-refractivity contribution in [2.45, 2.75) is 10.9 Å². The van der Waals surface area contributed by atoms with Crippen LogP contribution in [-0.2, 0) is 11.3 Å². The van der Waals surface area contributed by atoms with Crippen molar-refractivity contribution in [1.29, 1.82) is 0 Å². The second-order valence-corrected chi connectivity index (χ2v) is 8.66. The minimum atomic E-state index is -0.136. The number of hydrogen-bond acceptors (Lipinski definition) is 7. The van der Waals surface area contributed by atoms with Gasteiger partial charge in [-0.3, -0.25) is 4.79 Å². The van der Waals surface area contributed by atoms with Gasteiger partial charge in [0, 0.05) is 6.54 Å². The first-order chi connectivity index (χ1) is 15.3. The first kappa shape index (κ1) is 20.9. The summed E-state index contributed by atoms with van der Waals surface area (Å²) in [7, 11) is 0. The summed E-state index contributed by atoms with van der Waals surface area (Å²) in [5.74, 6) is 1.40. The van der Waals surface area contributed by atoms with E-state index >= 15 is 0 Å². The zero-order valence-corrected chi connectivity index (χ0v) is 18.2. The highest BCUT2D eigenvalue weighted by atomic mass is 32.2. The van der Waals surface area contributed by atoms with Crippen LogP contribution in [0.15, 0.2) is 89.3 Å². The van der Waals surface area contributed by atoms with Gasteiger partial charge in [-0.1, -0.05) is 83.8 Å². The molecule has 6 nitrogen and oxygen atoms in total. The Labute approximate surface area is 188 Å². The number of aromatic nitrogens is 2. The van der Waals surface area contributed by atoms with Crippen LogP contribution in [0.4, 0.5) is 10.8 Å². The summed E-state index contributed by atoms with van der Waals surface area (Å²) in [5, 5.41) is 15.2. The van der Waals surface area contributed by atoms with Crippen molar-refractivity contribution in [2.24, 2.45) is 0 Å². The van der Waals surface area contributed by atoms with Crippen LogP contribution in [0.3, 0.4) is 0 Å². The molecule has 1 heterocycles. The Kier molecular flexibility index (Phi) is 7.15. The lowest BCUT2D eigenvalue weighted by Crippen LogP contribution is -2.14. The summed E-state index contributed by atoms with van der Waals surface area (Å²) in [6.07, 6.45) is 0. The summed E-state index contributed by atoms with van der Waals surface area (Å²) in [6.45, 7) is 0.679. The molecule has 2 N–H and O–H groups in total. The molecule has 1 amide bonds. The minimum Gasteiger partial charge on any atom is -0.455 e. The molecule has 0 fully saturated rings. The van der Waals surface area contributed by atoms with Crippen LogP contribution in [0.2, 0.25) is 0 Å². The number of carbonyl (C=O) groups excluding carboxylic acids is 1. The van der Waals surface area contributed by atoms with E-state index in [0.717, 1.165) is 9.47 Å². The third-order valence-corrected chi connectivity index (χ3v) is 6.17. The number of benzene rings is 3. The third kappa shape index (κ3) is 6.31. The van der Waals surface area contributed by atoms with Gasteiger partial charge in [-0.25, -0.2) is 0 Å². The summed E-state index contributed by atoms with van der Waals surface area (Å²) in [4.78, 5) is 12.5. The van der Waals surface area contributed by atoms with E-state index < -0.39 is 0 Å². The lowest BCUT2D eigenvalue weighted by atomic mass is 10.2. The lowest BCUT2D eigenvalue weighted by molar-refractivity contribution is -0.113. The molecule has 0 unspecified atom stereocenters. The summed E-state index contributed by atoms with van der Waals surface area (Å²) in [6, 6.07) is 26.9. The predicted molar refractivity (Wildman–Crippen MR) is 126 cm³/mol. The molecular weight excluding hydrogens is 428 g/mol. The Hall–Kier alpha value is -3.36. The van der Waals surface area contributed by atoms with Gasteiger partial charge in [0.15, 0.2) is 10.1 Å². The van der Waals surface area contributed by atoms with Gasteiger partial charge >= 0.3 is 0 Å². The van der Waals surface area contributed by atoms with E-state index in [1.807, 2.05) is 84.9 Å². The normalized spacial score (nSPS) is 10.5. The molecule has 31 heavy (non-hydrogen) atoms. The number of carbonyl (C=O) groups is 1. The second-order valence-electron chi connectivity index (χ2n) is 6.46. The number of ether oxygens (including phenoxy) is 1. The topological polar surface area (TPSA) is 76.1 Å². The molecule has 4 rings (SSSR count). The number of para-hydroxylation sites is 3. The summed E-state index contributed by atoms with van der Waals surface area (Å²) < 4.78 is 6.63. The van der Waals surface area contributed by atoms with Crippen molar-refractivity contribution in [1.82, 2.24) is 10.2 Å². The fourth-order valence-corrected chi connectivity index (χ4v) is 4.25. The third-order valence-electron chi connectivity index (χ3n) is 4.15. The van der Waals surface area contributed by atoms with Crippen LogP contribution in [-0.4, -0.2) is 21.9 Å². The zero-order chi connectivity index (χ0) is 21.3. The molecule has 0 atom stereocenters. The summed E-state index contributed by atoms with van der Waals surface area (Å²) in [5.41, 5.74) is 1.79. The smallest absolute Gasteiger partial charge is 0.234 e. The van der Waals surface area contributed by atoms with Gasteiger partial charge in [0.05, 0.1) is 11.4 Å². The maximum absolute atomic E-state index is 12.5. The molecule has 0 aliphatic heterocycles. The van der Waals surface area contributed by atoms with E-state index in [0.29, 0.717) is 23.7 Å². The maximum Gasteiger partial charge on any atom is 0.234 e. The highest BCUT2D eigenvalue weighted by Crippen LogP contribution is 2.30. The zero-order valence-electron chi connectivity index (χ0n) is 16.5. The van der Waals surface area contributed by atoms with Crippen molar-refractivity contribution in [3.63, 3.8) is 0 Å². The summed E-state index contributed by atoms with van der Waals surface area (Å²) >= 11 is 2.78. The first-order valence-corrected chi connectivity index (χ1v) is 11.4. The van der Waals surface area contributed by atoms with Gasteiger partial charge in [0.25, 0.3) is 0 Å². The standard InChI is InChI=1S/C23H20N4O2S2/c28-21(25-19-13-7-8-14-20(19)29-18-11-5-2-6-12-18)16-30-23-27-26-22(31-23)24-15-17-9-3-1-4-10-17/h1-14H,15-16H2,(H,24,26)(H,25,28). The molecule has 3 aromatic carbocycles. The Morgan fingerprint density at radius 1 is 0.903 bits per heavy atom. The van der Waals surface area contributed by atoms with Crippen molar-refractivity contribution in [3.8, 4) is 11.5 Å². The van der Waals surface area contributed by atoms with Crippen LogP contribution < -0.4 is 15.4 Å². The van der Waals surface area contributed by atoms with Crippen LogP contribution in [0.1, 0.15) is 5.56 Å². The molecule has 4 aromatic rings. The molecule has 0 spiro atoms. The van der Waals surface area contributed by atoms with E-state index in [9.17, 15) is 4.79 Å². The minimum absolute atomic E-state index is 0.136. The molecule has 0 radical (unpaired) electrons. The monoisotopic (exact) mass is 448 g/mol. The van der Waals surface area contributed by atoms with E-state index in [4.69, 9.17) is 4.74 Å². The maximum atomic E-state index is 12.5. The van der Waals surface area contributed by atoms with E-state index in [-0.39, 0.29) is 11.7 Å². The van der Waals surface area contributed by atoms with E-state index in [2.05, 4.69) is 20.8 Å². The fraction of sp³-hybridized carbons (Fsp3) is 0.0870. The van der Waals surface area contributed by atoms with Crippen LogP contribution in [0.5, 0.6) is 11.5 Å². The molecule has 156 valence electrons. The van der Waals surface area contributed by atoms with Gasteiger partial charge in [-0.05, 0) is 29.8 Å². The Balaban J connectivity index is 1.29. The lowest BCUT2D eigenvalue weighted by Gasteiger charge is -2.11. The van der Waals surface area contributed by atoms with Crippen molar-refractivity contribution in [3.05, 3.63) is 90.5 Å². The fourth-order valence-electron chi connectivity index (χ4n) is 2.70. The van der Waals surface area contributed by atoms with Crippen molar-refractivity contribution in [2.75, 3.05) is 16.4 Å². The van der Waals surface area contributed by atoms with Crippen molar-refractivity contribution >= 4 is 39.8 Å². The Bertz CT molecular complexity index is 1120. The Morgan fingerprint density at radius 3 is 2.42 bits per heavy atom. The molecular formula is C23H20N4O2S2. The molecule has 0 aliphatic rings. The van der Waals surface area contributed by atoms with Crippen LogP contribution >= 0.6 is 23.1 Å². The van der Waals surface area contributed by atoms with E-state index in [1.165, 1.54) is 28.7 Å². The SMILES string of the molecule is O=C(CSc1nnc(NCc2ccccc2)s1)Nc1ccccc1Oc1ccccc1. The largest absolute Gasteiger partial charge is 0.455 e. The molecule has 0 saturated carbocycles. The number of thioether (sulfide) groups is 1. The highest BCUT2D eigenvalue weighted by Gasteiger charge is 2.11. The number of hydrogen-bond donors (Lipinski definition) is 2. The van der Waals surface area contributed by atoms with Crippen LogP contribution in [0, 0.1) is 0 Å². The number of rotatable bonds is 9. The Morgan fingerprint density at radius 2 is 1.61 bits per heavy atom. The van der Waals surface area contributed by atoms with Gasteiger partial charge in [0.1, 0.15) is 5.75 Å². The predicted octanol–water partition coefficient (Wildman–Crippen LogP) is 5.67. The number of nitrogens with zero attached hydrogens (tertiary/aromatic N) is 2. The average molecular weight is 449 g/mol.